The first-order valence-electron chi connectivity index (χ1n) is 3.08. The molecule has 10 heavy (non-hydrogen) atoms. The van der Waals surface area contributed by atoms with Crippen molar-refractivity contribution in [3.8, 4) is 0 Å². The van der Waals surface area contributed by atoms with Gasteiger partial charge in [0, 0.05) is 6.07 Å². The number of nitrogens with two attached hydrogens (primary N) is 1. The molecule has 1 heterocycles. The monoisotopic (exact) mass is 202 g/mol. The lowest BCUT2D eigenvalue weighted by Crippen LogP contribution is -3.00. The first-order valence-corrected chi connectivity index (χ1v) is 3.08. The number of aromatic nitrogens is 1. The molecule has 0 atom stereocenters. The molecule has 1 aromatic rings. The molecule has 3 heteroatoms. The zero-order valence-electron chi connectivity index (χ0n) is 5.92. The van der Waals surface area contributed by atoms with E-state index in [1.807, 2.05) is 29.0 Å². The van der Waals surface area contributed by atoms with Crippen molar-refractivity contribution in [2.24, 2.45) is 0 Å². The Morgan fingerprint density at radius 3 is 2.60 bits per heavy atom. The van der Waals surface area contributed by atoms with Crippen LogP contribution in [0.2, 0.25) is 0 Å². The van der Waals surface area contributed by atoms with Crippen molar-refractivity contribution in [2.75, 3.05) is 5.73 Å². The molecule has 0 saturated carbocycles. The van der Waals surface area contributed by atoms with E-state index in [9.17, 15) is 0 Å². The highest BCUT2D eigenvalue weighted by atomic mass is 79.9. The lowest BCUT2D eigenvalue weighted by atomic mass is 10.4. The average molecular weight is 203 g/mol. The second kappa shape index (κ2) is 4.28. The van der Waals surface area contributed by atoms with Gasteiger partial charge >= 0.3 is 0 Å². The van der Waals surface area contributed by atoms with E-state index in [0.717, 1.165) is 12.4 Å². The van der Waals surface area contributed by atoms with Crippen molar-refractivity contribution in [1.82, 2.24) is 0 Å². The van der Waals surface area contributed by atoms with Gasteiger partial charge in [-0.1, -0.05) is 6.07 Å². The fraction of sp³-hybridized carbons (Fsp3) is 0.286. The van der Waals surface area contributed by atoms with Gasteiger partial charge in [-0.05, 0) is 13.0 Å². The highest BCUT2D eigenvalue weighted by Gasteiger charge is 1.95. The predicted molar refractivity (Wildman–Crippen MR) is 36.7 cm³/mol. The third-order valence-electron chi connectivity index (χ3n) is 1.32. The maximum Gasteiger partial charge on any atom is 0.272 e. The van der Waals surface area contributed by atoms with Crippen LogP contribution < -0.4 is 27.3 Å². The summed E-state index contributed by atoms with van der Waals surface area (Å²) in [7, 11) is 0. The molecule has 0 aromatic carbocycles. The summed E-state index contributed by atoms with van der Waals surface area (Å²) in [6.45, 7) is 3.00. The summed E-state index contributed by atoms with van der Waals surface area (Å²) in [6, 6.07) is 5.80. The third-order valence-corrected chi connectivity index (χ3v) is 1.32. The van der Waals surface area contributed by atoms with Gasteiger partial charge in [0.2, 0.25) is 0 Å². The highest BCUT2D eigenvalue weighted by Crippen LogP contribution is 1.88. The Morgan fingerprint density at radius 1 is 1.50 bits per heavy atom. The summed E-state index contributed by atoms with van der Waals surface area (Å²) >= 11 is 0. The number of nitrogen functional groups attached to an aromatic ring is 1. The molecule has 1 rings (SSSR count). The molecule has 1 aromatic heterocycles. The van der Waals surface area contributed by atoms with E-state index >= 15 is 0 Å². The number of nitrogens with zero attached hydrogens (tertiary/aromatic N) is 1. The molecule has 0 radical (unpaired) electrons. The van der Waals surface area contributed by atoms with Crippen molar-refractivity contribution >= 4 is 5.82 Å². The second-order valence-corrected chi connectivity index (χ2v) is 1.91. The van der Waals surface area contributed by atoms with Crippen LogP contribution in [0.4, 0.5) is 5.82 Å². The van der Waals surface area contributed by atoms with E-state index in [4.69, 9.17) is 5.73 Å². The first-order chi connectivity index (χ1) is 4.34. The van der Waals surface area contributed by atoms with Crippen molar-refractivity contribution in [3.63, 3.8) is 0 Å². The van der Waals surface area contributed by atoms with Crippen LogP contribution in [-0.2, 0) is 6.54 Å². The molecule has 0 aliphatic heterocycles. The van der Waals surface area contributed by atoms with Gasteiger partial charge in [-0.25, -0.2) is 4.57 Å². The van der Waals surface area contributed by atoms with E-state index in [1.54, 1.807) is 0 Å². The minimum Gasteiger partial charge on any atom is -1.00 e. The van der Waals surface area contributed by atoms with Crippen molar-refractivity contribution in [2.45, 2.75) is 13.5 Å². The molecule has 0 aliphatic rings. The largest absolute Gasteiger partial charge is 1.00 e. The topological polar surface area (TPSA) is 29.9 Å². The van der Waals surface area contributed by atoms with Gasteiger partial charge in [-0.2, -0.15) is 0 Å². The zero-order valence-corrected chi connectivity index (χ0v) is 7.51. The van der Waals surface area contributed by atoms with E-state index < -0.39 is 0 Å². The van der Waals surface area contributed by atoms with Crippen LogP contribution in [-0.4, -0.2) is 0 Å². The Kier molecular flexibility index (Phi) is 4.03. The highest BCUT2D eigenvalue weighted by molar-refractivity contribution is 5.18. The summed E-state index contributed by atoms with van der Waals surface area (Å²) in [5.41, 5.74) is 5.59. The fourth-order valence-electron chi connectivity index (χ4n) is 0.778. The van der Waals surface area contributed by atoms with E-state index in [2.05, 4.69) is 6.92 Å². The lowest BCUT2D eigenvalue weighted by molar-refractivity contribution is -0.679. The van der Waals surface area contributed by atoms with Gasteiger partial charge in [0.15, 0.2) is 0 Å². The summed E-state index contributed by atoms with van der Waals surface area (Å²) in [5.74, 6) is 0.819. The van der Waals surface area contributed by atoms with Crippen LogP contribution >= 0.6 is 0 Å². The van der Waals surface area contributed by atoms with Gasteiger partial charge in [-0.15, -0.1) is 0 Å². The Labute approximate surface area is 71.4 Å². The van der Waals surface area contributed by atoms with Gasteiger partial charge in [-0.3, -0.25) is 5.73 Å². The minimum atomic E-state index is 0. The van der Waals surface area contributed by atoms with Gasteiger partial charge < -0.3 is 17.0 Å². The standard InChI is InChI=1S/C7H10N2.BrH/c1-2-9-6-4-3-5-7(9)8;/h3-6,8H,2H2,1H3;1H. The maximum atomic E-state index is 5.59. The smallest absolute Gasteiger partial charge is 0.272 e. The Morgan fingerprint density at radius 2 is 2.20 bits per heavy atom. The van der Waals surface area contributed by atoms with Crippen LogP contribution in [0.5, 0.6) is 0 Å². The summed E-state index contributed by atoms with van der Waals surface area (Å²) in [5, 5.41) is 0. The molecule has 0 fully saturated rings. The Bertz CT molecular complexity index is 201. The number of anilines is 1. The normalized spacial score (nSPS) is 8.50. The molecule has 0 aliphatic carbocycles. The molecule has 0 saturated heterocycles. The maximum absolute atomic E-state index is 5.59. The van der Waals surface area contributed by atoms with Gasteiger partial charge in [0.05, 0.1) is 12.7 Å². The SMILES string of the molecule is CC[n+]1ccccc1N.[Br-]. The molecule has 0 amide bonds. The minimum absolute atomic E-state index is 0. The average Bonchev–Trinajstić information content (AvgIpc) is 1.89. The van der Waals surface area contributed by atoms with Crippen molar-refractivity contribution < 1.29 is 21.5 Å². The number of aryl methyl sites for hydroxylation is 1. The quantitative estimate of drug-likeness (QED) is 0.506. The summed E-state index contributed by atoms with van der Waals surface area (Å²) in [6.07, 6.45) is 1.97. The second-order valence-electron chi connectivity index (χ2n) is 1.91. The van der Waals surface area contributed by atoms with Crippen LogP contribution in [0.25, 0.3) is 0 Å². The van der Waals surface area contributed by atoms with Crippen LogP contribution in [0, 0.1) is 0 Å². The molecule has 2 nitrogen and oxygen atoms in total. The number of pyridine rings is 1. The molecule has 56 valence electrons. The molecular formula is C7H11BrN2. The van der Waals surface area contributed by atoms with Gasteiger partial charge in [0.25, 0.3) is 5.82 Å². The number of halogens is 1. The fourth-order valence-corrected chi connectivity index (χ4v) is 0.778. The van der Waals surface area contributed by atoms with Crippen molar-refractivity contribution in [3.05, 3.63) is 24.4 Å². The van der Waals surface area contributed by atoms with Crippen LogP contribution in [0.15, 0.2) is 24.4 Å². The Hall–Kier alpha value is -0.570. The Balaban J connectivity index is 0.000000810. The third kappa shape index (κ3) is 1.99. The number of rotatable bonds is 1. The van der Waals surface area contributed by atoms with Crippen LogP contribution in [0.1, 0.15) is 6.92 Å². The lowest BCUT2D eigenvalue weighted by Gasteiger charge is -1.95. The number of hydrogen-bond acceptors (Lipinski definition) is 1. The van der Waals surface area contributed by atoms with Crippen LogP contribution in [0.3, 0.4) is 0 Å². The summed E-state index contributed by atoms with van der Waals surface area (Å²) < 4.78 is 1.99. The molecule has 0 spiro atoms. The molecule has 0 bridgehead atoms. The summed E-state index contributed by atoms with van der Waals surface area (Å²) in [4.78, 5) is 0. The van der Waals surface area contributed by atoms with Gasteiger partial charge in [0.1, 0.15) is 0 Å². The van der Waals surface area contributed by atoms with E-state index in [0.29, 0.717) is 0 Å². The van der Waals surface area contributed by atoms with E-state index in [-0.39, 0.29) is 17.0 Å². The molecule has 0 unspecified atom stereocenters. The number of hydrogen-bond donors (Lipinski definition) is 1. The molecule has 2 N–H and O–H groups in total. The van der Waals surface area contributed by atoms with Crippen molar-refractivity contribution in [1.29, 1.82) is 0 Å². The first kappa shape index (κ1) is 9.43. The zero-order chi connectivity index (χ0) is 6.69. The predicted octanol–water partition coefficient (Wildman–Crippen LogP) is -2.42. The van der Waals surface area contributed by atoms with E-state index in [1.165, 1.54) is 0 Å². The molecular weight excluding hydrogens is 192 g/mol.